The molecule has 0 heterocycles. The first-order valence-electron chi connectivity index (χ1n) is 17.5. The Morgan fingerprint density at radius 3 is 2.00 bits per heavy atom. The number of amides is 3. The molecule has 0 aliphatic rings. The number of hydrogen-bond acceptors (Lipinski definition) is 8. The lowest BCUT2D eigenvalue weighted by Crippen LogP contribution is -2.57. The zero-order chi connectivity index (χ0) is 36.4. The van der Waals surface area contributed by atoms with Crippen LogP contribution in [0, 0.1) is 23.7 Å². The Morgan fingerprint density at radius 2 is 1.46 bits per heavy atom. The number of benzene rings is 1. The predicted octanol–water partition coefficient (Wildman–Crippen LogP) is 4.89. The van der Waals surface area contributed by atoms with E-state index in [1.807, 2.05) is 98.9 Å². The van der Waals surface area contributed by atoms with Crippen LogP contribution in [0.4, 0.5) is 0 Å². The van der Waals surface area contributed by atoms with Crippen molar-refractivity contribution in [3.8, 4) is 0 Å². The number of carbonyl (C=O) groups excluding carboxylic acids is 3. The maximum absolute atomic E-state index is 13.7. The van der Waals surface area contributed by atoms with Crippen molar-refractivity contribution in [2.75, 3.05) is 25.3 Å². The van der Waals surface area contributed by atoms with Crippen LogP contribution < -0.4 is 21.3 Å². The molecule has 0 spiro atoms. The van der Waals surface area contributed by atoms with Crippen LogP contribution >= 0.6 is 11.8 Å². The van der Waals surface area contributed by atoms with Crippen molar-refractivity contribution in [1.29, 1.82) is 0 Å². The lowest BCUT2D eigenvalue weighted by Gasteiger charge is -2.31. The molecular weight excluding hydrogens is 628 g/mol. The van der Waals surface area contributed by atoms with Crippen molar-refractivity contribution in [3.05, 3.63) is 35.9 Å². The van der Waals surface area contributed by atoms with Crippen molar-refractivity contribution in [2.24, 2.45) is 23.7 Å². The minimum Gasteiger partial charge on any atom is -0.391 e. The molecule has 3 amide bonds. The Balaban J connectivity index is 2.91. The first-order valence-corrected chi connectivity index (χ1v) is 18.9. The molecule has 11 heteroatoms. The Bertz CT molecular complexity index is 1070. The number of thioether (sulfide) groups is 1. The van der Waals surface area contributed by atoms with E-state index in [0.717, 1.165) is 5.56 Å². The van der Waals surface area contributed by atoms with Gasteiger partial charge in [-0.1, -0.05) is 78.8 Å². The molecule has 10 nitrogen and oxygen atoms in total. The number of hydrogen-bond donors (Lipinski definition) is 5. The largest absolute Gasteiger partial charge is 0.391 e. The summed E-state index contributed by atoms with van der Waals surface area (Å²) in [6, 6.07) is 7.80. The van der Waals surface area contributed by atoms with Gasteiger partial charge in [0.25, 0.3) is 0 Å². The van der Waals surface area contributed by atoms with Gasteiger partial charge in [0, 0.05) is 5.92 Å². The highest BCUT2D eigenvalue weighted by Gasteiger charge is 2.32. The van der Waals surface area contributed by atoms with Crippen LogP contribution in [0.3, 0.4) is 0 Å². The molecule has 276 valence electrons. The first kappa shape index (κ1) is 43.8. The number of rotatable bonds is 23. The third kappa shape index (κ3) is 18.0. The molecule has 5 N–H and O–H groups in total. The number of ether oxygens (including phenoxy) is 2. The van der Waals surface area contributed by atoms with E-state index in [9.17, 15) is 19.5 Å². The summed E-state index contributed by atoms with van der Waals surface area (Å²) in [6.07, 6.45) is 2.13. The maximum atomic E-state index is 13.7. The highest BCUT2D eigenvalue weighted by Crippen LogP contribution is 2.18. The third-order valence-electron chi connectivity index (χ3n) is 8.10. The van der Waals surface area contributed by atoms with Crippen LogP contribution in [0.15, 0.2) is 30.3 Å². The van der Waals surface area contributed by atoms with Crippen LogP contribution in [-0.4, -0.2) is 84.0 Å². The van der Waals surface area contributed by atoms with Gasteiger partial charge in [0.05, 0.1) is 49.8 Å². The Kier molecular flexibility index (Phi) is 20.6. The van der Waals surface area contributed by atoms with E-state index in [4.69, 9.17) is 9.47 Å². The van der Waals surface area contributed by atoms with E-state index in [1.165, 1.54) is 0 Å². The van der Waals surface area contributed by atoms with E-state index >= 15 is 0 Å². The van der Waals surface area contributed by atoms with Crippen LogP contribution in [0.1, 0.15) is 94.1 Å². The van der Waals surface area contributed by atoms with Gasteiger partial charge in [-0.05, 0) is 75.4 Å². The fourth-order valence-electron chi connectivity index (χ4n) is 5.09. The van der Waals surface area contributed by atoms with Crippen molar-refractivity contribution in [2.45, 2.75) is 131 Å². The van der Waals surface area contributed by atoms with E-state index < -0.39 is 30.1 Å². The standard InChI is InChI=1S/C37H66N4O6S/c1-24(2)19-30(32(42)20-27(7)34(43)41-31(25(3)4)22-46-21-28-15-13-12-14-16-28)40-35(44)29(17-18-48-11)39-36(45)33(26(5)6)38-23-47-37(8,9)10/h12-16,24-27,29-33,38,42H,17-23H2,1-11H3,(H,39,45)(H,40,44)(H,41,43)/t27-,29+,30+,31-,32+,33+/m1/s1. The summed E-state index contributed by atoms with van der Waals surface area (Å²) in [5.41, 5.74) is 0.710. The molecule has 1 aromatic carbocycles. The molecule has 0 saturated carbocycles. The molecule has 1 aromatic rings. The Morgan fingerprint density at radius 1 is 0.833 bits per heavy atom. The third-order valence-corrected chi connectivity index (χ3v) is 8.75. The highest BCUT2D eigenvalue weighted by atomic mass is 32.2. The van der Waals surface area contributed by atoms with Crippen LogP contribution in [0.25, 0.3) is 0 Å². The first-order chi connectivity index (χ1) is 22.4. The second-order valence-corrected chi connectivity index (χ2v) is 16.0. The van der Waals surface area contributed by atoms with E-state index in [-0.39, 0.29) is 60.3 Å². The minimum absolute atomic E-state index is 0.0355. The van der Waals surface area contributed by atoms with Crippen LogP contribution in [0.5, 0.6) is 0 Å². The van der Waals surface area contributed by atoms with Crippen molar-refractivity contribution in [1.82, 2.24) is 21.3 Å². The SMILES string of the molecule is CSCC[C@H](NC(=O)[C@@H](NCOC(C)(C)C)C(C)C)C(=O)N[C@@H](CC(C)C)[C@@H](O)C[C@@H](C)C(=O)N[C@H](COCc1ccccc1)C(C)C. The molecule has 0 fully saturated rings. The van der Waals surface area contributed by atoms with E-state index in [0.29, 0.717) is 31.8 Å². The molecule has 0 bridgehead atoms. The van der Waals surface area contributed by atoms with Crippen molar-refractivity contribution >= 4 is 29.5 Å². The fraction of sp³-hybridized carbons (Fsp3) is 0.757. The number of carbonyl (C=O) groups is 3. The molecule has 1 rings (SSSR count). The van der Waals surface area contributed by atoms with Crippen molar-refractivity contribution in [3.63, 3.8) is 0 Å². The van der Waals surface area contributed by atoms with Gasteiger partial charge in [0.1, 0.15) is 6.04 Å². The quantitative estimate of drug-likeness (QED) is 0.102. The van der Waals surface area contributed by atoms with E-state index in [2.05, 4.69) is 21.3 Å². The molecule has 6 atom stereocenters. The van der Waals surface area contributed by atoms with Gasteiger partial charge in [-0.15, -0.1) is 0 Å². The zero-order valence-corrected chi connectivity index (χ0v) is 32.2. The Hall–Kier alpha value is -2.18. The molecule has 0 aliphatic heterocycles. The topological polar surface area (TPSA) is 138 Å². The number of nitrogens with one attached hydrogen (secondary N) is 4. The molecule has 0 aliphatic carbocycles. The summed E-state index contributed by atoms with van der Waals surface area (Å²) in [5, 5.41) is 23.6. The summed E-state index contributed by atoms with van der Waals surface area (Å²) in [4.78, 5) is 40.3. The molecular formula is C37H66N4O6S. The zero-order valence-electron chi connectivity index (χ0n) is 31.4. The second-order valence-electron chi connectivity index (χ2n) is 15.0. The fourth-order valence-corrected chi connectivity index (χ4v) is 5.56. The van der Waals surface area contributed by atoms with Gasteiger partial charge < -0.3 is 30.5 Å². The van der Waals surface area contributed by atoms with Crippen LogP contribution in [0.2, 0.25) is 0 Å². The average molecular weight is 695 g/mol. The molecule has 0 saturated heterocycles. The van der Waals surface area contributed by atoms with E-state index in [1.54, 1.807) is 18.7 Å². The molecule has 0 aromatic heterocycles. The van der Waals surface area contributed by atoms with Gasteiger partial charge in [-0.3, -0.25) is 19.7 Å². The summed E-state index contributed by atoms with van der Waals surface area (Å²) in [6.45, 7) is 20.7. The Labute approximate surface area is 295 Å². The summed E-state index contributed by atoms with van der Waals surface area (Å²) in [5.74, 6) is -0.318. The maximum Gasteiger partial charge on any atom is 0.242 e. The molecule has 0 unspecified atom stereocenters. The highest BCUT2D eigenvalue weighted by molar-refractivity contribution is 7.98. The summed E-state index contributed by atoms with van der Waals surface area (Å²) >= 11 is 1.59. The van der Waals surface area contributed by atoms with Gasteiger partial charge in [0.15, 0.2) is 0 Å². The average Bonchev–Trinajstić information content (AvgIpc) is 2.99. The number of aliphatic hydroxyl groups is 1. The summed E-state index contributed by atoms with van der Waals surface area (Å²) < 4.78 is 11.7. The molecule has 48 heavy (non-hydrogen) atoms. The minimum atomic E-state index is -0.958. The molecule has 0 radical (unpaired) electrons. The van der Waals surface area contributed by atoms with Crippen LogP contribution in [-0.2, 0) is 30.5 Å². The van der Waals surface area contributed by atoms with Gasteiger partial charge in [-0.25, -0.2) is 0 Å². The van der Waals surface area contributed by atoms with Gasteiger partial charge in [-0.2, -0.15) is 11.8 Å². The lowest BCUT2D eigenvalue weighted by atomic mass is 9.91. The lowest BCUT2D eigenvalue weighted by molar-refractivity contribution is -0.132. The van der Waals surface area contributed by atoms with Crippen molar-refractivity contribution < 1.29 is 29.0 Å². The van der Waals surface area contributed by atoms with Gasteiger partial charge in [0.2, 0.25) is 17.7 Å². The number of aliphatic hydroxyl groups excluding tert-OH is 1. The summed E-state index contributed by atoms with van der Waals surface area (Å²) in [7, 11) is 0. The smallest absolute Gasteiger partial charge is 0.242 e. The second kappa shape index (κ2) is 22.5. The normalized spacial score (nSPS) is 15.9. The predicted molar refractivity (Wildman–Crippen MR) is 196 cm³/mol. The van der Waals surface area contributed by atoms with Gasteiger partial charge >= 0.3 is 0 Å². The monoisotopic (exact) mass is 694 g/mol.